The molecule has 1 rings (SSSR count). The van der Waals surface area contributed by atoms with Gasteiger partial charge in [0.05, 0.1) is 19.1 Å². The highest BCUT2D eigenvalue weighted by molar-refractivity contribution is 5.72. The van der Waals surface area contributed by atoms with E-state index in [0.29, 0.717) is 6.08 Å². The van der Waals surface area contributed by atoms with Gasteiger partial charge in [-0.25, -0.2) is 22.0 Å². The van der Waals surface area contributed by atoms with E-state index >= 15 is 0 Å². The molecule has 0 heterocycles. The molecule has 2 nitrogen and oxygen atoms in total. The standard InChI is InChI=1S/C11H7F5O2/c1-18-6(17)4-2-3-5-7(12)9(14)11(16)10(15)8(5)13/h2-3H,4H2,1H3. The van der Waals surface area contributed by atoms with Crippen LogP contribution in [0.2, 0.25) is 0 Å². The molecule has 0 saturated carbocycles. The van der Waals surface area contributed by atoms with Crippen molar-refractivity contribution >= 4 is 12.0 Å². The maximum Gasteiger partial charge on any atom is 0.309 e. The van der Waals surface area contributed by atoms with Gasteiger partial charge in [0.2, 0.25) is 5.82 Å². The summed E-state index contributed by atoms with van der Waals surface area (Å²) >= 11 is 0. The van der Waals surface area contributed by atoms with Gasteiger partial charge >= 0.3 is 5.97 Å². The second kappa shape index (κ2) is 5.61. The molecule has 18 heavy (non-hydrogen) atoms. The number of benzene rings is 1. The zero-order valence-electron chi connectivity index (χ0n) is 9.07. The van der Waals surface area contributed by atoms with Crippen molar-refractivity contribution in [1.29, 1.82) is 0 Å². The van der Waals surface area contributed by atoms with Crippen LogP contribution in [0, 0.1) is 29.1 Å². The highest BCUT2D eigenvalue weighted by Crippen LogP contribution is 2.24. The Labute approximate surface area is 98.7 Å². The van der Waals surface area contributed by atoms with Crippen LogP contribution >= 0.6 is 0 Å². The van der Waals surface area contributed by atoms with Crippen molar-refractivity contribution in [2.24, 2.45) is 0 Å². The highest BCUT2D eigenvalue weighted by Gasteiger charge is 2.24. The summed E-state index contributed by atoms with van der Waals surface area (Å²) in [6.45, 7) is 0. The topological polar surface area (TPSA) is 26.3 Å². The number of methoxy groups -OCH3 is 1. The van der Waals surface area contributed by atoms with Gasteiger partial charge in [0.1, 0.15) is 0 Å². The molecule has 0 unspecified atom stereocenters. The maximum absolute atomic E-state index is 13.1. The lowest BCUT2D eigenvalue weighted by atomic mass is 10.1. The number of halogens is 5. The van der Waals surface area contributed by atoms with E-state index < -0.39 is 40.6 Å². The largest absolute Gasteiger partial charge is 0.469 e. The Hall–Kier alpha value is -1.92. The zero-order chi connectivity index (χ0) is 13.9. The first-order valence-corrected chi connectivity index (χ1v) is 4.65. The van der Waals surface area contributed by atoms with Crippen LogP contribution in [0.5, 0.6) is 0 Å². The van der Waals surface area contributed by atoms with Crippen molar-refractivity contribution in [3.8, 4) is 0 Å². The molecule has 7 heteroatoms. The molecule has 0 aliphatic carbocycles. The van der Waals surface area contributed by atoms with Gasteiger partial charge in [-0.1, -0.05) is 12.2 Å². The highest BCUT2D eigenvalue weighted by atomic mass is 19.2. The van der Waals surface area contributed by atoms with Crippen LogP contribution in [-0.4, -0.2) is 13.1 Å². The van der Waals surface area contributed by atoms with Gasteiger partial charge in [0.15, 0.2) is 23.3 Å². The van der Waals surface area contributed by atoms with Crippen molar-refractivity contribution in [2.45, 2.75) is 6.42 Å². The fraction of sp³-hybridized carbons (Fsp3) is 0.182. The Morgan fingerprint density at radius 2 is 1.44 bits per heavy atom. The molecular weight excluding hydrogens is 259 g/mol. The van der Waals surface area contributed by atoms with E-state index in [0.717, 1.165) is 13.2 Å². The number of hydrogen-bond acceptors (Lipinski definition) is 2. The van der Waals surface area contributed by atoms with Gasteiger partial charge in [-0.05, 0) is 0 Å². The summed E-state index contributed by atoms with van der Waals surface area (Å²) < 4.78 is 68.7. The second-order valence-corrected chi connectivity index (χ2v) is 3.17. The average molecular weight is 266 g/mol. The minimum absolute atomic E-state index is 0.351. The van der Waals surface area contributed by atoms with Crippen molar-refractivity contribution < 1.29 is 31.5 Å². The van der Waals surface area contributed by atoms with Crippen LogP contribution in [0.15, 0.2) is 6.08 Å². The van der Waals surface area contributed by atoms with Gasteiger partial charge in [-0.2, -0.15) is 0 Å². The Balaban J connectivity index is 3.14. The fourth-order valence-electron chi connectivity index (χ4n) is 1.12. The molecule has 0 radical (unpaired) electrons. The smallest absolute Gasteiger partial charge is 0.309 e. The van der Waals surface area contributed by atoms with E-state index in [2.05, 4.69) is 4.74 Å². The lowest BCUT2D eigenvalue weighted by molar-refractivity contribution is -0.139. The summed E-state index contributed by atoms with van der Waals surface area (Å²) in [5.41, 5.74) is -1.10. The number of ether oxygens (including phenoxy) is 1. The number of rotatable bonds is 3. The van der Waals surface area contributed by atoms with Crippen LogP contribution in [0.25, 0.3) is 6.08 Å². The molecule has 0 bridgehead atoms. The first kappa shape index (κ1) is 14.1. The summed E-state index contributed by atoms with van der Waals surface area (Å²) in [6, 6.07) is 0. The van der Waals surface area contributed by atoms with Crippen LogP contribution in [0.3, 0.4) is 0 Å². The minimum atomic E-state index is -2.23. The van der Waals surface area contributed by atoms with Gasteiger partial charge in [0, 0.05) is 0 Å². The molecule has 0 N–H and O–H groups in total. The third-order valence-corrected chi connectivity index (χ3v) is 2.04. The summed E-state index contributed by atoms with van der Waals surface area (Å²) in [5, 5.41) is 0. The third kappa shape index (κ3) is 2.66. The van der Waals surface area contributed by atoms with Crippen molar-refractivity contribution in [3.05, 3.63) is 40.7 Å². The summed E-state index contributed by atoms with van der Waals surface area (Å²) in [7, 11) is 1.09. The number of carbonyl (C=O) groups is 1. The number of hydrogen-bond donors (Lipinski definition) is 0. The SMILES string of the molecule is COC(=O)CC=Cc1c(F)c(F)c(F)c(F)c1F. The lowest BCUT2D eigenvalue weighted by Gasteiger charge is -2.04. The van der Waals surface area contributed by atoms with Gasteiger partial charge < -0.3 is 4.74 Å². The first-order chi connectivity index (χ1) is 8.40. The summed E-state index contributed by atoms with van der Waals surface area (Å²) in [5.74, 6) is -10.9. The molecule has 0 amide bonds. The van der Waals surface area contributed by atoms with E-state index in [4.69, 9.17) is 0 Å². The molecule has 0 fully saturated rings. The molecule has 0 aliphatic heterocycles. The maximum atomic E-state index is 13.1. The molecule has 0 saturated heterocycles. The molecule has 0 aromatic heterocycles. The second-order valence-electron chi connectivity index (χ2n) is 3.17. The Bertz CT molecular complexity index is 482. The third-order valence-electron chi connectivity index (χ3n) is 2.04. The summed E-state index contributed by atoms with van der Waals surface area (Å²) in [4.78, 5) is 10.7. The molecule has 0 atom stereocenters. The van der Waals surface area contributed by atoms with E-state index in [1.807, 2.05) is 0 Å². The summed E-state index contributed by atoms with van der Waals surface area (Å²) in [6.07, 6.45) is 1.22. The van der Waals surface area contributed by atoms with Crippen LogP contribution < -0.4 is 0 Å². The minimum Gasteiger partial charge on any atom is -0.469 e. The molecule has 0 spiro atoms. The lowest BCUT2D eigenvalue weighted by Crippen LogP contribution is -2.04. The van der Waals surface area contributed by atoms with Gasteiger partial charge in [-0.15, -0.1) is 0 Å². The fourth-order valence-corrected chi connectivity index (χ4v) is 1.12. The van der Waals surface area contributed by atoms with Crippen LogP contribution in [0.4, 0.5) is 22.0 Å². The predicted molar refractivity (Wildman–Crippen MR) is 51.9 cm³/mol. The van der Waals surface area contributed by atoms with Crippen molar-refractivity contribution in [3.63, 3.8) is 0 Å². The number of esters is 1. The van der Waals surface area contributed by atoms with Gasteiger partial charge in [-0.3, -0.25) is 4.79 Å². The Morgan fingerprint density at radius 3 is 1.89 bits per heavy atom. The average Bonchev–Trinajstić information content (AvgIpc) is 2.37. The molecule has 98 valence electrons. The van der Waals surface area contributed by atoms with Crippen molar-refractivity contribution in [1.82, 2.24) is 0 Å². The normalized spacial score (nSPS) is 11.0. The Kier molecular flexibility index (Phi) is 4.41. The van der Waals surface area contributed by atoms with Crippen LogP contribution in [-0.2, 0) is 9.53 Å². The van der Waals surface area contributed by atoms with Crippen molar-refractivity contribution in [2.75, 3.05) is 7.11 Å². The Morgan fingerprint density at radius 1 is 1.00 bits per heavy atom. The monoisotopic (exact) mass is 266 g/mol. The zero-order valence-corrected chi connectivity index (χ0v) is 9.07. The number of carbonyl (C=O) groups excluding carboxylic acids is 1. The first-order valence-electron chi connectivity index (χ1n) is 4.65. The molecule has 1 aromatic rings. The molecule has 1 aromatic carbocycles. The quantitative estimate of drug-likeness (QED) is 0.364. The van der Waals surface area contributed by atoms with Crippen LogP contribution in [0.1, 0.15) is 12.0 Å². The predicted octanol–water partition coefficient (Wildman–Crippen LogP) is 2.96. The van der Waals surface area contributed by atoms with E-state index in [9.17, 15) is 26.7 Å². The van der Waals surface area contributed by atoms with E-state index in [1.54, 1.807) is 0 Å². The molecular formula is C11H7F5O2. The van der Waals surface area contributed by atoms with E-state index in [1.165, 1.54) is 0 Å². The molecule has 0 aliphatic rings. The van der Waals surface area contributed by atoms with Gasteiger partial charge in [0.25, 0.3) is 0 Å². The van der Waals surface area contributed by atoms with E-state index in [-0.39, 0.29) is 6.42 Å².